The Morgan fingerprint density at radius 2 is 1.62 bits per heavy atom. The first-order chi connectivity index (χ1) is 18.9. The van der Waals surface area contributed by atoms with Gasteiger partial charge in [0, 0.05) is 30.6 Å². The van der Waals surface area contributed by atoms with E-state index in [9.17, 15) is 44.4 Å². The standard InChI is InChI=1S/C32H46O10/c1-17(33)42-27(2,3)13-12-22(35)32(9,41)25-20(34)15-29(6)21-11-10-18(28(4,5)26(39)40)19(14-24(37)38)31(21,8)23(36)16-30(25,29)7/h10,12-13,19-21,25,34,41H,11,14-16H2,1-9H3,(H,37,38)(H,39,40)/b13-12+/t19-,20+,21+,25-,29-,30+,31-,32-/m0/s1. The maximum atomic E-state index is 14.3. The molecular weight excluding hydrogens is 544 g/mol. The number of hydrogen-bond acceptors (Lipinski definition) is 8. The van der Waals surface area contributed by atoms with E-state index in [0.29, 0.717) is 5.57 Å². The van der Waals surface area contributed by atoms with Crippen molar-refractivity contribution in [3.05, 3.63) is 23.8 Å². The van der Waals surface area contributed by atoms with Crippen LogP contribution in [0.5, 0.6) is 0 Å². The van der Waals surface area contributed by atoms with Crippen molar-refractivity contribution in [1.29, 1.82) is 0 Å². The number of allylic oxidation sites excluding steroid dienone is 1. The van der Waals surface area contributed by atoms with E-state index >= 15 is 0 Å². The van der Waals surface area contributed by atoms with Crippen LogP contribution in [0.1, 0.15) is 88.0 Å². The van der Waals surface area contributed by atoms with Gasteiger partial charge in [0.1, 0.15) is 17.0 Å². The first-order valence-corrected chi connectivity index (χ1v) is 14.4. The number of aliphatic hydroxyl groups is 2. The van der Waals surface area contributed by atoms with E-state index in [2.05, 4.69) is 0 Å². The number of fused-ring (bicyclic) bond motifs is 3. The van der Waals surface area contributed by atoms with Crippen molar-refractivity contribution in [2.75, 3.05) is 0 Å². The van der Waals surface area contributed by atoms with Crippen molar-refractivity contribution in [2.45, 2.75) is 105 Å². The molecule has 0 aromatic rings. The van der Waals surface area contributed by atoms with E-state index in [4.69, 9.17) is 4.74 Å². The van der Waals surface area contributed by atoms with Crippen LogP contribution in [0.4, 0.5) is 0 Å². The van der Waals surface area contributed by atoms with Gasteiger partial charge < -0.3 is 25.2 Å². The smallest absolute Gasteiger partial charge is 0.313 e. The number of carboxylic acid groups (broad SMARTS) is 2. The van der Waals surface area contributed by atoms with Crippen molar-refractivity contribution in [1.82, 2.24) is 0 Å². The quantitative estimate of drug-likeness (QED) is 0.176. The second-order valence-corrected chi connectivity index (χ2v) is 14.5. The molecule has 0 radical (unpaired) electrons. The molecule has 8 atom stereocenters. The highest BCUT2D eigenvalue weighted by Crippen LogP contribution is 2.73. The Balaban J connectivity index is 2.12. The second kappa shape index (κ2) is 10.4. The number of rotatable bonds is 9. The van der Waals surface area contributed by atoms with E-state index in [1.54, 1.807) is 33.8 Å². The Bertz CT molecular complexity index is 1260. The average Bonchev–Trinajstić information content (AvgIpc) is 3.02. The molecular formula is C32H46O10. The minimum Gasteiger partial charge on any atom is -0.481 e. The van der Waals surface area contributed by atoms with Crippen LogP contribution in [0.25, 0.3) is 0 Å². The lowest BCUT2D eigenvalue weighted by atomic mass is 9.39. The average molecular weight is 591 g/mol. The summed E-state index contributed by atoms with van der Waals surface area (Å²) in [7, 11) is 0. The lowest BCUT2D eigenvalue weighted by Crippen LogP contribution is -2.64. The zero-order valence-corrected chi connectivity index (χ0v) is 26.1. The number of aliphatic hydroxyl groups excluding tert-OH is 1. The second-order valence-electron chi connectivity index (χ2n) is 14.5. The number of carboxylic acids is 2. The molecule has 0 amide bonds. The van der Waals surface area contributed by atoms with Crippen LogP contribution in [-0.4, -0.2) is 67.2 Å². The topological polar surface area (TPSA) is 176 Å². The van der Waals surface area contributed by atoms with Gasteiger partial charge in [0.05, 0.1) is 17.9 Å². The maximum Gasteiger partial charge on any atom is 0.313 e. The van der Waals surface area contributed by atoms with Gasteiger partial charge in [-0.15, -0.1) is 0 Å². The predicted molar refractivity (Wildman–Crippen MR) is 152 cm³/mol. The van der Waals surface area contributed by atoms with Crippen LogP contribution in [0, 0.1) is 39.4 Å². The van der Waals surface area contributed by atoms with Crippen molar-refractivity contribution < 1.29 is 49.1 Å². The Morgan fingerprint density at radius 3 is 2.12 bits per heavy atom. The fourth-order valence-corrected chi connectivity index (χ4v) is 8.76. The summed E-state index contributed by atoms with van der Waals surface area (Å²) in [5.74, 6) is -6.23. The molecule has 0 heterocycles. The summed E-state index contributed by atoms with van der Waals surface area (Å²) in [6.45, 7) is 14.2. The zero-order chi connectivity index (χ0) is 32.4. The molecule has 234 valence electrons. The Hall–Kier alpha value is -2.85. The monoisotopic (exact) mass is 590 g/mol. The number of carbonyl (C=O) groups excluding carboxylic acids is 3. The molecule has 2 saturated carbocycles. The summed E-state index contributed by atoms with van der Waals surface area (Å²) in [5.41, 5.74) is -7.36. The molecule has 3 rings (SSSR count). The molecule has 10 heteroatoms. The minimum atomic E-state index is -2.09. The van der Waals surface area contributed by atoms with E-state index < -0.39 is 86.8 Å². The van der Waals surface area contributed by atoms with E-state index in [1.807, 2.05) is 6.92 Å². The van der Waals surface area contributed by atoms with Crippen LogP contribution in [0.2, 0.25) is 0 Å². The van der Waals surface area contributed by atoms with Gasteiger partial charge in [-0.3, -0.25) is 24.0 Å². The van der Waals surface area contributed by atoms with Gasteiger partial charge in [-0.25, -0.2) is 0 Å². The molecule has 10 nitrogen and oxygen atoms in total. The Morgan fingerprint density at radius 1 is 1.05 bits per heavy atom. The first kappa shape index (κ1) is 33.6. The molecule has 0 bridgehead atoms. The number of aliphatic carboxylic acids is 2. The molecule has 0 spiro atoms. The van der Waals surface area contributed by atoms with Gasteiger partial charge in [0.2, 0.25) is 0 Å². The van der Waals surface area contributed by atoms with Crippen molar-refractivity contribution in [3.63, 3.8) is 0 Å². The Kier molecular flexibility index (Phi) is 8.33. The zero-order valence-electron chi connectivity index (χ0n) is 26.1. The third-order valence-corrected chi connectivity index (χ3v) is 11.1. The summed E-state index contributed by atoms with van der Waals surface area (Å²) >= 11 is 0. The summed E-state index contributed by atoms with van der Waals surface area (Å²) in [4.78, 5) is 63.5. The highest BCUT2D eigenvalue weighted by atomic mass is 16.6. The molecule has 3 aliphatic carbocycles. The molecule has 0 aromatic carbocycles. The van der Waals surface area contributed by atoms with E-state index in [0.717, 1.165) is 6.08 Å². The molecule has 3 aliphatic rings. The highest BCUT2D eigenvalue weighted by Gasteiger charge is 2.74. The normalized spacial score (nSPS) is 36.5. The van der Waals surface area contributed by atoms with E-state index in [1.165, 1.54) is 33.8 Å². The summed E-state index contributed by atoms with van der Waals surface area (Å²) in [5, 5.41) is 43.1. The molecule has 42 heavy (non-hydrogen) atoms. The van der Waals surface area contributed by atoms with Crippen molar-refractivity contribution >= 4 is 29.5 Å². The van der Waals surface area contributed by atoms with E-state index in [-0.39, 0.29) is 25.0 Å². The molecule has 0 saturated heterocycles. The SMILES string of the molecule is CC(=O)OC(C)(C)/C=C/C(=O)[C@](C)(O)[C@H]1[C@H](O)C[C@@]2(C)[C@H]3CC=C(C(C)(C)C(=O)O)[C@H](CC(=O)O)[C@]3(C)C(=O)C[C@]12C. The first-order valence-electron chi connectivity index (χ1n) is 14.4. The highest BCUT2D eigenvalue weighted by molar-refractivity contribution is 5.97. The number of carbonyl (C=O) groups is 5. The van der Waals surface area contributed by atoms with Crippen LogP contribution < -0.4 is 0 Å². The van der Waals surface area contributed by atoms with Crippen LogP contribution in [-0.2, 0) is 28.7 Å². The number of ketones is 2. The molecule has 0 unspecified atom stereocenters. The van der Waals surface area contributed by atoms with Gasteiger partial charge in [0.15, 0.2) is 5.78 Å². The van der Waals surface area contributed by atoms with Gasteiger partial charge in [-0.2, -0.15) is 0 Å². The number of Topliss-reactive ketones (excluding diaryl/α,β-unsaturated/α-hetero) is 1. The third kappa shape index (κ3) is 5.04. The fourth-order valence-electron chi connectivity index (χ4n) is 8.76. The summed E-state index contributed by atoms with van der Waals surface area (Å²) in [6, 6.07) is 0. The lowest BCUT2D eigenvalue weighted by Gasteiger charge is -2.63. The lowest BCUT2D eigenvalue weighted by molar-refractivity contribution is -0.182. The summed E-state index contributed by atoms with van der Waals surface area (Å²) in [6.07, 6.45) is 2.95. The summed E-state index contributed by atoms with van der Waals surface area (Å²) < 4.78 is 5.20. The number of hydrogen-bond donors (Lipinski definition) is 4. The third-order valence-electron chi connectivity index (χ3n) is 11.1. The van der Waals surface area contributed by atoms with Crippen LogP contribution >= 0.6 is 0 Å². The van der Waals surface area contributed by atoms with Crippen LogP contribution in [0.15, 0.2) is 23.8 Å². The fraction of sp³-hybridized carbons (Fsp3) is 0.719. The predicted octanol–water partition coefficient (Wildman–Crippen LogP) is 3.72. The largest absolute Gasteiger partial charge is 0.481 e. The molecule has 0 aromatic heterocycles. The van der Waals surface area contributed by atoms with Crippen molar-refractivity contribution in [2.24, 2.45) is 39.4 Å². The van der Waals surface area contributed by atoms with Gasteiger partial charge in [-0.05, 0) is 76.4 Å². The maximum absolute atomic E-state index is 14.3. The van der Waals surface area contributed by atoms with Crippen molar-refractivity contribution in [3.8, 4) is 0 Å². The van der Waals surface area contributed by atoms with Gasteiger partial charge in [0.25, 0.3) is 0 Å². The molecule has 4 N–H and O–H groups in total. The van der Waals surface area contributed by atoms with Gasteiger partial charge in [-0.1, -0.05) is 32.4 Å². The van der Waals surface area contributed by atoms with Crippen LogP contribution in [0.3, 0.4) is 0 Å². The molecule has 2 fully saturated rings. The Labute approximate surface area is 247 Å². The number of ether oxygens (including phenoxy) is 1. The minimum absolute atomic E-state index is 0.138. The van der Waals surface area contributed by atoms with Gasteiger partial charge >= 0.3 is 17.9 Å². The molecule has 0 aliphatic heterocycles. The number of esters is 1.